The summed E-state index contributed by atoms with van der Waals surface area (Å²) in [5.41, 5.74) is 8.96. The Morgan fingerprint density at radius 3 is 1.27 bits per heavy atom. The summed E-state index contributed by atoms with van der Waals surface area (Å²) in [7, 11) is 0. The number of nitriles is 2. The minimum atomic E-state index is -0.841. The fraction of sp³-hybridized carbons (Fsp3) is 0.778. The van der Waals surface area contributed by atoms with Crippen molar-refractivity contribution in [1.82, 2.24) is 0 Å². The second kappa shape index (κ2) is 17.5. The molecule has 0 aliphatic carbocycles. The number of halogens is 2. The molecular formula is C18H36Cl2N10. The minimum absolute atomic E-state index is 0. The van der Waals surface area contributed by atoms with Gasteiger partial charge in [0.2, 0.25) is 0 Å². The second-order valence-corrected chi connectivity index (χ2v) is 7.73. The molecule has 0 aromatic carbocycles. The number of nitrogens with one attached hydrogen (secondary N) is 2. The van der Waals surface area contributed by atoms with Crippen LogP contribution in [0, 0.1) is 45.3 Å². The van der Waals surface area contributed by atoms with Gasteiger partial charge in [0.1, 0.15) is 22.7 Å². The van der Waals surface area contributed by atoms with Crippen LogP contribution in [-0.4, -0.2) is 35.8 Å². The Morgan fingerprint density at radius 1 is 0.800 bits per heavy atom. The number of hydrogen-bond acceptors (Lipinski definition) is 8. The van der Waals surface area contributed by atoms with E-state index in [0.29, 0.717) is 25.9 Å². The highest BCUT2D eigenvalue weighted by molar-refractivity contribution is 5.87. The second-order valence-electron chi connectivity index (χ2n) is 7.73. The average Bonchev–Trinajstić information content (AvgIpc) is 2.58. The number of amidine groups is 2. The Balaban J connectivity index is -0.000000211. The Kier molecular flexibility index (Phi) is 20.6. The van der Waals surface area contributed by atoms with Gasteiger partial charge in [-0.15, -0.1) is 24.8 Å². The Bertz CT molecular complexity index is 590. The minimum Gasteiger partial charge on any atom is -0.386 e. The summed E-state index contributed by atoms with van der Waals surface area (Å²) >= 11 is 0. The SMILES string of the molecule is CC(C)(N=NC(C)(C)C(=N)N)C(=N)N.CC(CC#N)CN=NCC(C)CC#N.Cl.Cl. The van der Waals surface area contributed by atoms with Gasteiger partial charge in [-0.1, -0.05) is 13.8 Å². The fourth-order valence-corrected chi connectivity index (χ4v) is 1.19. The third-order valence-corrected chi connectivity index (χ3v) is 3.63. The van der Waals surface area contributed by atoms with Crippen molar-refractivity contribution in [3.05, 3.63) is 0 Å². The highest BCUT2D eigenvalue weighted by atomic mass is 35.5. The van der Waals surface area contributed by atoms with Crippen molar-refractivity contribution < 1.29 is 0 Å². The van der Waals surface area contributed by atoms with Gasteiger partial charge in [-0.2, -0.15) is 31.0 Å². The summed E-state index contributed by atoms with van der Waals surface area (Å²) in [4.78, 5) is 0. The van der Waals surface area contributed by atoms with Gasteiger partial charge in [-0.05, 0) is 39.5 Å². The lowest BCUT2D eigenvalue weighted by Gasteiger charge is -2.20. The van der Waals surface area contributed by atoms with Crippen molar-refractivity contribution in [3.8, 4) is 12.1 Å². The number of nitrogens with zero attached hydrogens (tertiary/aromatic N) is 6. The van der Waals surface area contributed by atoms with E-state index in [1.165, 1.54) is 0 Å². The maximum atomic E-state index is 8.39. The van der Waals surface area contributed by atoms with Crippen LogP contribution in [0.1, 0.15) is 54.4 Å². The van der Waals surface area contributed by atoms with Crippen LogP contribution < -0.4 is 11.5 Å². The van der Waals surface area contributed by atoms with Crippen molar-refractivity contribution in [2.45, 2.75) is 65.5 Å². The molecule has 12 heteroatoms. The summed E-state index contributed by atoms with van der Waals surface area (Å²) in [6, 6.07) is 4.19. The highest BCUT2D eigenvalue weighted by Gasteiger charge is 2.25. The number of rotatable bonds is 10. The van der Waals surface area contributed by atoms with E-state index in [1.807, 2.05) is 13.8 Å². The lowest BCUT2D eigenvalue weighted by molar-refractivity contribution is 0.556. The molecule has 0 aliphatic heterocycles. The normalized spacial score (nSPS) is 12.9. The van der Waals surface area contributed by atoms with E-state index in [1.54, 1.807) is 27.7 Å². The van der Waals surface area contributed by atoms with Gasteiger partial charge in [-0.25, -0.2) is 0 Å². The smallest absolute Gasteiger partial charge is 0.132 e. The summed E-state index contributed by atoms with van der Waals surface area (Å²) in [5.74, 6) is 0.409. The lowest BCUT2D eigenvalue weighted by atomic mass is 10.1. The van der Waals surface area contributed by atoms with Gasteiger partial charge in [0.15, 0.2) is 0 Å². The van der Waals surface area contributed by atoms with Gasteiger partial charge in [-0.3, -0.25) is 10.8 Å². The summed E-state index contributed by atoms with van der Waals surface area (Å²) in [5, 5.41) is 47.0. The summed E-state index contributed by atoms with van der Waals surface area (Å²) in [6.07, 6.45) is 1.04. The van der Waals surface area contributed by atoms with Crippen LogP contribution in [0.2, 0.25) is 0 Å². The molecular weight excluding hydrogens is 427 g/mol. The van der Waals surface area contributed by atoms with Crippen LogP contribution in [0.3, 0.4) is 0 Å². The molecule has 2 atom stereocenters. The lowest BCUT2D eigenvalue weighted by Crippen LogP contribution is -2.38. The third-order valence-electron chi connectivity index (χ3n) is 3.63. The largest absolute Gasteiger partial charge is 0.386 e. The van der Waals surface area contributed by atoms with E-state index in [0.717, 1.165) is 0 Å². The van der Waals surface area contributed by atoms with E-state index in [4.69, 9.17) is 32.8 Å². The van der Waals surface area contributed by atoms with Crippen LogP contribution in [0.4, 0.5) is 0 Å². The molecule has 0 saturated heterocycles. The van der Waals surface area contributed by atoms with Crippen LogP contribution in [-0.2, 0) is 0 Å². The monoisotopic (exact) mass is 462 g/mol. The Morgan fingerprint density at radius 2 is 1.07 bits per heavy atom. The van der Waals surface area contributed by atoms with Crippen molar-refractivity contribution in [2.75, 3.05) is 13.1 Å². The molecule has 0 rings (SSSR count). The van der Waals surface area contributed by atoms with Crippen LogP contribution >= 0.6 is 24.8 Å². The van der Waals surface area contributed by atoms with Crippen LogP contribution in [0.5, 0.6) is 0 Å². The van der Waals surface area contributed by atoms with E-state index in [9.17, 15) is 0 Å². The first kappa shape index (κ1) is 35.2. The molecule has 6 N–H and O–H groups in total. The van der Waals surface area contributed by atoms with Crippen molar-refractivity contribution >= 4 is 36.5 Å². The Hall–Kier alpha value is -2.30. The number of nitrogens with two attached hydrogens (primary N) is 2. The zero-order chi connectivity index (χ0) is 22.4. The topological polar surface area (TPSA) is 197 Å². The molecule has 0 amide bonds. The molecule has 0 bridgehead atoms. The maximum absolute atomic E-state index is 8.39. The van der Waals surface area contributed by atoms with E-state index >= 15 is 0 Å². The zero-order valence-electron chi connectivity index (χ0n) is 18.6. The van der Waals surface area contributed by atoms with Gasteiger partial charge < -0.3 is 11.5 Å². The average molecular weight is 463 g/mol. The van der Waals surface area contributed by atoms with E-state index < -0.39 is 11.1 Å². The fourth-order valence-electron chi connectivity index (χ4n) is 1.19. The van der Waals surface area contributed by atoms with Gasteiger partial charge in [0, 0.05) is 12.8 Å². The standard InChI is InChI=1S/C10H16N4.C8H18N6.2ClH/c1-9(3-5-11)7-13-14-8-10(2)4-6-12;1-7(2,5(9)10)13-14-8(3,4)6(11)12;;/h9-10H,3-4,7-8H2,1-2H3;1-4H3,(H3,9,10)(H3,11,12);2*1H. The molecule has 172 valence electrons. The van der Waals surface area contributed by atoms with Crippen LogP contribution in [0.25, 0.3) is 0 Å². The first-order valence-corrected chi connectivity index (χ1v) is 9.00. The quantitative estimate of drug-likeness (QED) is 0.213. The predicted octanol–water partition coefficient (Wildman–Crippen LogP) is 4.25. The maximum Gasteiger partial charge on any atom is 0.132 e. The van der Waals surface area contributed by atoms with Gasteiger partial charge >= 0.3 is 0 Å². The number of hydrogen-bond donors (Lipinski definition) is 4. The predicted molar refractivity (Wildman–Crippen MR) is 125 cm³/mol. The molecule has 0 fully saturated rings. The molecule has 0 aromatic rings. The summed E-state index contributed by atoms with van der Waals surface area (Å²) in [6.45, 7) is 11.9. The molecule has 0 radical (unpaired) electrons. The van der Waals surface area contributed by atoms with E-state index in [2.05, 4.69) is 32.6 Å². The molecule has 0 aliphatic rings. The molecule has 0 spiro atoms. The highest BCUT2D eigenvalue weighted by Crippen LogP contribution is 2.15. The zero-order valence-corrected chi connectivity index (χ0v) is 20.3. The van der Waals surface area contributed by atoms with Crippen molar-refractivity contribution in [1.29, 1.82) is 21.3 Å². The van der Waals surface area contributed by atoms with Crippen molar-refractivity contribution in [3.63, 3.8) is 0 Å². The molecule has 2 unspecified atom stereocenters. The van der Waals surface area contributed by atoms with Gasteiger partial charge in [0.25, 0.3) is 0 Å². The van der Waals surface area contributed by atoms with Crippen molar-refractivity contribution in [2.24, 2.45) is 43.8 Å². The molecule has 30 heavy (non-hydrogen) atoms. The number of azo groups is 2. The molecule has 0 heterocycles. The molecule has 0 saturated carbocycles. The Labute approximate surface area is 192 Å². The van der Waals surface area contributed by atoms with Crippen LogP contribution in [0.15, 0.2) is 20.5 Å². The molecule has 10 nitrogen and oxygen atoms in total. The van der Waals surface area contributed by atoms with Gasteiger partial charge in [0.05, 0.1) is 25.2 Å². The first-order chi connectivity index (χ1) is 12.8. The van der Waals surface area contributed by atoms with E-state index in [-0.39, 0.29) is 48.3 Å². The first-order valence-electron chi connectivity index (χ1n) is 9.00. The third kappa shape index (κ3) is 17.8. The molecule has 0 aromatic heterocycles. The summed E-state index contributed by atoms with van der Waals surface area (Å²) < 4.78 is 0.